The van der Waals surface area contributed by atoms with Gasteiger partial charge in [-0.05, 0) is 40.0 Å². The smallest absolute Gasteiger partial charge is 0.241 e. The van der Waals surface area contributed by atoms with E-state index in [1.54, 1.807) is 18.2 Å². The number of para-hydroxylation sites is 1. The first-order chi connectivity index (χ1) is 9.58. The fraction of sp³-hybridized carbons (Fsp3) is 0.133. The Balaban J connectivity index is 2.03. The molecule has 0 unspecified atom stereocenters. The van der Waals surface area contributed by atoms with Crippen LogP contribution in [0.2, 0.25) is 0 Å². The van der Waals surface area contributed by atoms with Crippen molar-refractivity contribution in [3.8, 4) is 5.75 Å². The quantitative estimate of drug-likeness (QED) is 0.752. The maximum Gasteiger partial charge on any atom is 0.241 e. The lowest BCUT2D eigenvalue weighted by Crippen LogP contribution is -2.37. The van der Waals surface area contributed by atoms with Crippen LogP contribution in [0, 0.1) is 0 Å². The molecule has 20 heavy (non-hydrogen) atoms. The molecular weight excluding hydrogens is 320 g/mol. The van der Waals surface area contributed by atoms with Gasteiger partial charge >= 0.3 is 0 Å². The van der Waals surface area contributed by atoms with Gasteiger partial charge in [0.25, 0.3) is 0 Å². The minimum atomic E-state index is -0.671. The van der Waals surface area contributed by atoms with Crippen LogP contribution in [0.3, 0.4) is 0 Å². The first-order valence-electron chi connectivity index (χ1n) is 6.16. The molecule has 0 radical (unpaired) electrons. The van der Waals surface area contributed by atoms with E-state index >= 15 is 0 Å². The Hall–Kier alpha value is -1.85. The number of rotatable bonds is 4. The summed E-state index contributed by atoms with van der Waals surface area (Å²) in [5, 5.41) is 12.4. The number of carbonyl (C=O) groups is 1. The predicted octanol–water partition coefficient (Wildman–Crippen LogP) is 2.66. The fourth-order valence-corrected chi connectivity index (χ4v) is 2.17. The van der Waals surface area contributed by atoms with E-state index in [0.717, 1.165) is 5.56 Å². The van der Waals surface area contributed by atoms with Crippen LogP contribution in [0.1, 0.15) is 5.56 Å². The highest BCUT2D eigenvalue weighted by Crippen LogP contribution is 2.31. The number of halogens is 1. The van der Waals surface area contributed by atoms with Crippen LogP contribution in [0.15, 0.2) is 53.0 Å². The van der Waals surface area contributed by atoms with Crippen LogP contribution >= 0.6 is 15.9 Å². The summed E-state index contributed by atoms with van der Waals surface area (Å²) in [6, 6.07) is 13.9. The van der Waals surface area contributed by atoms with Crippen molar-refractivity contribution in [1.82, 2.24) is 0 Å². The van der Waals surface area contributed by atoms with E-state index < -0.39 is 6.04 Å². The summed E-state index contributed by atoms with van der Waals surface area (Å²) in [6.07, 6.45) is 0.446. The Morgan fingerprint density at radius 1 is 1.20 bits per heavy atom. The van der Waals surface area contributed by atoms with Gasteiger partial charge in [-0.3, -0.25) is 4.79 Å². The second kappa shape index (κ2) is 6.54. The molecule has 0 aromatic heterocycles. The monoisotopic (exact) mass is 334 g/mol. The first-order valence-corrected chi connectivity index (χ1v) is 6.95. The number of phenols is 1. The zero-order valence-electron chi connectivity index (χ0n) is 10.7. The molecule has 0 bridgehead atoms. The summed E-state index contributed by atoms with van der Waals surface area (Å²) in [7, 11) is 0. The summed E-state index contributed by atoms with van der Waals surface area (Å²) in [5.74, 6) is -0.338. The van der Waals surface area contributed by atoms with E-state index in [-0.39, 0.29) is 11.7 Å². The van der Waals surface area contributed by atoms with Crippen molar-refractivity contribution in [2.45, 2.75) is 12.5 Å². The number of aromatic hydroxyl groups is 1. The summed E-state index contributed by atoms with van der Waals surface area (Å²) in [6.45, 7) is 0. The van der Waals surface area contributed by atoms with Gasteiger partial charge in [0.2, 0.25) is 5.91 Å². The lowest BCUT2D eigenvalue weighted by atomic mass is 10.1. The molecule has 0 aliphatic heterocycles. The molecular formula is C15H15BrN2O2. The standard InChI is InChI=1S/C15H15BrN2O2/c16-11-7-4-8-13(14(11)19)18-15(20)12(17)9-10-5-2-1-3-6-10/h1-8,12,19H,9,17H2,(H,18,20)/t12-/m1/s1. The number of carbonyl (C=O) groups excluding carboxylic acids is 1. The van der Waals surface area contributed by atoms with E-state index in [4.69, 9.17) is 5.73 Å². The number of benzene rings is 2. The van der Waals surface area contributed by atoms with Crippen molar-refractivity contribution >= 4 is 27.5 Å². The minimum absolute atomic E-state index is 0.00670. The average molecular weight is 335 g/mol. The average Bonchev–Trinajstić information content (AvgIpc) is 2.45. The van der Waals surface area contributed by atoms with Gasteiger partial charge in [-0.2, -0.15) is 0 Å². The molecule has 0 aliphatic rings. The zero-order chi connectivity index (χ0) is 14.5. The lowest BCUT2D eigenvalue weighted by Gasteiger charge is -2.13. The number of nitrogens with two attached hydrogens (primary N) is 1. The number of hydrogen-bond acceptors (Lipinski definition) is 3. The zero-order valence-corrected chi connectivity index (χ0v) is 12.3. The van der Waals surface area contributed by atoms with Gasteiger partial charge in [0, 0.05) is 0 Å². The van der Waals surface area contributed by atoms with Crippen molar-refractivity contribution in [1.29, 1.82) is 0 Å². The maximum atomic E-state index is 12.0. The fourth-order valence-electron chi connectivity index (χ4n) is 1.80. The van der Waals surface area contributed by atoms with Gasteiger partial charge in [0.15, 0.2) is 5.75 Å². The number of anilines is 1. The molecule has 0 heterocycles. The molecule has 0 fully saturated rings. The van der Waals surface area contributed by atoms with Crippen molar-refractivity contribution in [2.24, 2.45) is 5.73 Å². The van der Waals surface area contributed by atoms with Crippen LogP contribution in [0.5, 0.6) is 5.75 Å². The Kier molecular flexibility index (Phi) is 4.76. The summed E-state index contributed by atoms with van der Waals surface area (Å²) < 4.78 is 0.520. The molecule has 5 heteroatoms. The van der Waals surface area contributed by atoms with Crippen molar-refractivity contribution < 1.29 is 9.90 Å². The predicted molar refractivity (Wildman–Crippen MR) is 82.6 cm³/mol. The number of amides is 1. The highest BCUT2D eigenvalue weighted by Gasteiger charge is 2.16. The van der Waals surface area contributed by atoms with Crippen LogP contribution in [0.4, 0.5) is 5.69 Å². The Labute approximate surface area is 125 Å². The molecule has 1 amide bonds. The third-order valence-corrected chi connectivity index (χ3v) is 3.52. The Morgan fingerprint density at radius 2 is 1.90 bits per heavy atom. The van der Waals surface area contributed by atoms with Crippen molar-refractivity contribution in [2.75, 3.05) is 5.32 Å². The van der Waals surface area contributed by atoms with Crippen LogP contribution in [-0.2, 0) is 11.2 Å². The lowest BCUT2D eigenvalue weighted by molar-refractivity contribution is -0.117. The summed E-state index contributed by atoms with van der Waals surface area (Å²) in [5.41, 5.74) is 7.21. The van der Waals surface area contributed by atoms with Crippen LogP contribution in [-0.4, -0.2) is 17.1 Å². The molecule has 4 N–H and O–H groups in total. The van der Waals surface area contributed by atoms with Gasteiger partial charge in [-0.1, -0.05) is 36.4 Å². The van der Waals surface area contributed by atoms with E-state index in [9.17, 15) is 9.90 Å². The third-order valence-electron chi connectivity index (χ3n) is 2.88. The second-order valence-electron chi connectivity index (χ2n) is 4.42. The summed E-state index contributed by atoms with van der Waals surface area (Å²) >= 11 is 3.19. The van der Waals surface area contributed by atoms with Gasteiger partial charge in [-0.15, -0.1) is 0 Å². The molecule has 2 aromatic rings. The maximum absolute atomic E-state index is 12.0. The molecule has 4 nitrogen and oxygen atoms in total. The van der Waals surface area contributed by atoms with Gasteiger partial charge < -0.3 is 16.2 Å². The Morgan fingerprint density at radius 3 is 2.60 bits per heavy atom. The molecule has 0 spiro atoms. The van der Waals surface area contributed by atoms with E-state index in [0.29, 0.717) is 16.6 Å². The van der Waals surface area contributed by atoms with E-state index in [1.165, 1.54) is 0 Å². The number of phenolic OH excluding ortho intramolecular Hbond substituents is 1. The number of nitrogens with one attached hydrogen (secondary N) is 1. The molecule has 0 aliphatic carbocycles. The first kappa shape index (κ1) is 14.6. The van der Waals surface area contributed by atoms with Gasteiger partial charge in [0.1, 0.15) is 0 Å². The SMILES string of the molecule is N[C@H](Cc1ccccc1)C(=O)Nc1cccc(Br)c1O. The second-order valence-corrected chi connectivity index (χ2v) is 5.28. The van der Waals surface area contributed by atoms with Gasteiger partial charge in [0.05, 0.1) is 16.2 Å². The molecule has 0 saturated heterocycles. The molecule has 2 rings (SSSR count). The Bertz CT molecular complexity index is 602. The van der Waals surface area contributed by atoms with Crippen LogP contribution < -0.4 is 11.1 Å². The van der Waals surface area contributed by atoms with Crippen molar-refractivity contribution in [3.63, 3.8) is 0 Å². The largest absolute Gasteiger partial charge is 0.505 e. The highest BCUT2D eigenvalue weighted by molar-refractivity contribution is 9.10. The molecule has 1 atom stereocenters. The van der Waals surface area contributed by atoms with E-state index in [2.05, 4.69) is 21.2 Å². The minimum Gasteiger partial charge on any atom is -0.505 e. The molecule has 0 saturated carbocycles. The summed E-state index contributed by atoms with van der Waals surface area (Å²) in [4.78, 5) is 12.0. The van der Waals surface area contributed by atoms with E-state index in [1.807, 2.05) is 30.3 Å². The van der Waals surface area contributed by atoms with Crippen LogP contribution in [0.25, 0.3) is 0 Å². The van der Waals surface area contributed by atoms with Crippen molar-refractivity contribution in [3.05, 3.63) is 58.6 Å². The molecule has 104 valence electrons. The topological polar surface area (TPSA) is 75.4 Å². The number of hydrogen-bond donors (Lipinski definition) is 3. The highest BCUT2D eigenvalue weighted by atomic mass is 79.9. The normalized spacial score (nSPS) is 11.9. The molecule has 2 aromatic carbocycles. The van der Waals surface area contributed by atoms with Gasteiger partial charge in [-0.25, -0.2) is 0 Å². The third kappa shape index (κ3) is 3.59.